The third-order valence-electron chi connectivity index (χ3n) is 5.08. The first-order valence-electron chi connectivity index (χ1n) is 9.90. The molecule has 3 aromatic carbocycles. The van der Waals surface area contributed by atoms with Crippen molar-refractivity contribution in [2.45, 2.75) is 17.4 Å². The minimum absolute atomic E-state index is 0.0630. The van der Waals surface area contributed by atoms with Gasteiger partial charge in [-0.3, -0.25) is 9.52 Å². The molecule has 1 aliphatic rings. The summed E-state index contributed by atoms with van der Waals surface area (Å²) in [7, 11) is -1.10. The van der Waals surface area contributed by atoms with Crippen LogP contribution in [0.5, 0.6) is 17.2 Å². The number of benzene rings is 3. The Morgan fingerprint density at radius 2 is 1.73 bits per heavy atom. The zero-order chi connectivity index (χ0) is 23.6. The van der Waals surface area contributed by atoms with Crippen molar-refractivity contribution < 1.29 is 27.4 Å². The van der Waals surface area contributed by atoms with Gasteiger partial charge in [0.05, 0.1) is 30.5 Å². The van der Waals surface area contributed by atoms with E-state index >= 15 is 0 Å². The van der Waals surface area contributed by atoms with Crippen LogP contribution in [0.3, 0.4) is 0 Å². The molecule has 0 bridgehead atoms. The van der Waals surface area contributed by atoms with Crippen molar-refractivity contribution in [2.75, 3.05) is 24.3 Å². The van der Waals surface area contributed by atoms with Crippen LogP contribution >= 0.6 is 11.6 Å². The van der Waals surface area contributed by atoms with E-state index in [0.29, 0.717) is 28.7 Å². The Bertz CT molecular complexity index is 1310. The first kappa shape index (κ1) is 22.8. The van der Waals surface area contributed by atoms with Crippen molar-refractivity contribution in [3.8, 4) is 17.2 Å². The first-order chi connectivity index (χ1) is 15.8. The van der Waals surface area contributed by atoms with Crippen molar-refractivity contribution in [1.29, 1.82) is 0 Å². The summed E-state index contributed by atoms with van der Waals surface area (Å²) < 4.78 is 44.7. The number of nitrogens with one attached hydrogen (secondary N) is 2. The second-order valence-corrected chi connectivity index (χ2v) is 9.34. The van der Waals surface area contributed by atoms with E-state index in [-0.39, 0.29) is 16.3 Å². The summed E-state index contributed by atoms with van der Waals surface area (Å²) >= 11 is 6.01. The third kappa shape index (κ3) is 4.84. The van der Waals surface area contributed by atoms with Crippen LogP contribution in [-0.2, 0) is 21.2 Å². The van der Waals surface area contributed by atoms with Gasteiger partial charge in [0.25, 0.3) is 15.9 Å². The van der Waals surface area contributed by atoms with Crippen LogP contribution in [0.4, 0.5) is 11.4 Å². The molecule has 1 heterocycles. The summed E-state index contributed by atoms with van der Waals surface area (Å²) in [5.74, 6) is 0.830. The summed E-state index contributed by atoms with van der Waals surface area (Å²) in [6.45, 7) is 0. The molecule has 1 aliphatic heterocycles. The fourth-order valence-corrected chi connectivity index (χ4v) is 4.75. The fraction of sp³-hybridized carbons (Fsp3) is 0.174. The molecule has 4 rings (SSSR count). The van der Waals surface area contributed by atoms with Crippen LogP contribution in [0.1, 0.15) is 5.56 Å². The summed E-state index contributed by atoms with van der Waals surface area (Å²) in [5, 5.41) is 3.27. The summed E-state index contributed by atoms with van der Waals surface area (Å²) in [5.41, 5.74) is 1.31. The zero-order valence-corrected chi connectivity index (χ0v) is 19.4. The number of fused-ring (bicyclic) bond motifs is 1. The van der Waals surface area contributed by atoms with Crippen molar-refractivity contribution in [3.63, 3.8) is 0 Å². The van der Waals surface area contributed by atoms with Gasteiger partial charge in [0.15, 0.2) is 6.10 Å². The summed E-state index contributed by atoms with van der Waals surface area (Å²) in [6, 6.07) is 16.0. The lowest BCUT2D eigenvalue weighted by Crippen LogP contribution is -2.31. The Hall–Kier alpha value is -3.43. The standard InChI is InChI=1S/C23H21ClN2O6S/c1-30-20-6-4-3-5-17(20)26-33(28,29)16-8-10-21(31-2)18(13-16)25-23(27)22-12-14-11-15(24)7-9-19(14)32-22/h3-11,13,22,26H,12H2,1-2H3,(H,25,27). The topological polar surface area (TPSA) is 103 Å². The molecule has 0 fully saturated rings. The van der Waals surface area contributed by atoms with Crippen molar-refractivity contribution in [1.82, 2.24) is 0 Å². The average Bonchev–Trinajstić information content (AvgIpc) is 3.22. The maximum atomic E-state index is 13.0. The molecule has 0 saturated carbocycles. The molecule has 2 N–H and O–H groups in total. The molecular formula is C23H21ClN2O6S. The van der Waals surface area contributed by atoms with Gasteiger partial charge < -0.3 is 19.5 Å². The van der Waals surface area contributed by atoms with Gasteiger partial charge in [-0.2, -0.15) is 0 Å². The van der Waals surface area contributed by atoms with E-state index in [2.05, 4.69) is 10.0 Å². The van der Waals surface area contributed by atoms with E-state index in [9.17, 15) is 13.2 Å². The smallest absolute Gasteiger partial charge is 0.265 e. The fourth-order valence-electron chi connectivity index (χ4n) is 3.46. The van der Waals surface area contributed by atoms with Crippen molar-refractivity contribution in [3.05, 3.63) is 71.2 Å². The van der Waals surface area contributed by atoms with Gasteiger partial charge in [0.2, 0.25) is 0 Å². The lowest BCUT2D eigenvalue weighted by atomic mass is 10.1. The maximum Gasteiger partial charge on any atom is 0.265 e. The minimum atomic E-state index is -3.98. The molecule has 0 saturated heterocycles. The first-order valence-corrected chi connectivity index (χ1v) is 11.8. The molecule has 0 radical (unpaired) electrons. The van der Waals surface area contributed by atoms with Crippen molar-refractivity contribution >= 4 is 38.9 Å². The molecule has 8 nitrogen and oxygen atoms in total. The van der Waals surface area contributed by atoms with Crippen LogP contribution in [0.25, 0.3) is 0 Å². The van der Waals surface area contributed by atoms with Crippen LogP contribution in [-0.4, -0.2) is 34.6 Å². The normalized spacial score (nSPS) is 14.7. The third-order valence-corrected chi connectivity index (χ3v) is 6.68. The highest BCUT2D eigenvalue weighted by atomic mass is 35.5. The van der Waals surface area contributed by atoms with Crippen LogP contribution in [0, 0.1) is 0 Å². The predicted molar refractivity (Wildman–Crippen MR) is 125 cm³/mol. The van der Waals surface area contributed by atoms with Gasteiger partial charge in [-0.25, -0.2) is 8.42 Å². The molecule has 3 aromatic rings. The van der Waals surface area contributed by atoms with Crippen LogP contribution < -0.4 is 24.2 Å². The Kier molecular flexibility index (Phi) is 6.35. The number of para-hydroxylation sites is 2. The molecule has 1 atom stereocenters. The molecule has 33 heavy (non-hydrogen) atoms. The lowest BCUT2D eigenvalue weighted by Gasteiger charge is -2.16. The molecule has 0 spiro atoms. The number of carbonyl (C=O) groups is 1. The number of hydrogen-bond donors (Lipinski definition) is 2. The van der Waals surface area contributed by atoms with Crippen LogP contribution in [0.15, 0.2) is 65.6 Å². The Morgan fingerprint density at radius 3 is 2.48 bits per heavy atom. The number of amides is 1. The highest BCUT2D eigenvalue weighted by molar-refractivity contribution is 7.92. The number of methoxy groups -OCH3 is 2. The molecule has 1 unspecified atom stereocenters. The maximum absolute atomic E-state index is 13.0. The van der Waals surface area contributed by atoms with E-state index in [1.165, 1.54) is 32.4 Å². The monoisotopic (exact) mass is 488 g/mol. The summed E-state index contributed by atoms with van der Waals surface area (Å²) in [4.78, 5) is 12.8. The van der Waals surface area contributed by atoms with E-state index in [1.54, 1.807) is 42.5 Å². The number of hydrogen-bond acceptors (Lipinski definition) is 6. The second-order valence-electron chi connectivity index (χ2n) is 7.22. The van der Waals surface area contributed by atoms with Gasteiger partial charge in [0.1, 0.15) is 17.2 Å². The molecule has 1 amide bonds. The number of anilines is 2. The van der Waals surface area contributed by atoms with E-state index in [0.717, 1.165) is 5.56 Å². The molecule has 10 heteroatoms. The Morgan fingerprint density at radius 1 is 1.00 bits per heavy atom. The minimum Gasteiger partial charge on any atom is -0.495 e. The van der Waals surface area contributed by atoms with Crippen molar-refractivity contribution in [2.24, 2.45) is 0 Å². The van der Waals surface area contributed by atoms with Gasteiger partial charge >= 0.3 is 0 Å². The highest BCUT2D eigenvalue weighted by Crippen LogP contribution is 2.34. The Balaban J connectivity index is 1.56. The SMILES string of the molecule is COc1ccc(S(=O)(=O)Nc2ccccc2OC)cc1NC(=O)C1Cc2cc(Cl)ccc2O1. The van der Waals surface area contributed by atoms with Crippen LogP contribution in [0.2, 0.25) is 5.02 Å². The second kappa shape index (κ2) is 9.21. The highest BCUT2D eigenvalue weighted by Gasteiger charge is 2.30. The number of halogens is 1. The van der Waals surface area contributed by atoms with E-state index in [1.807, 2.05) is 0 Å². The predicted octanol–water partition coefficient (Wildman–Crippen LogP) is 4.10. The quantitative estimate of drug-likeness (QED) is 0.519. The Labute approximate surface area is 196 Å². The summed E-state index contributed by atoms with van der Waals surface area (Å²) in [6.07, 6.45) is -0.438. The van der Waals surface area contributed by atoms with E-state index in [4.69, 9.17) is 25.8 Å². The van der Waals surface area contributed by atoms with Gasteiger partial charge in [0, 0.05) is 11.4 Å². The number of ether oxygens (including phenoxy) is 3. The lowest BCUT2D eigenvalue weighted by molar-refractivity contribution is -0.122. The largest absolute Gasteiger partial charge is 0.495 e. The van der Waals surface area contributed by atoms with Gasteiger partial charge in [-0.15, -0.1) is 0 Å². The van der Waals surface area contributed by atoms with E-state index < -0.39 is 22.0 Å². The molecule has 172 valence electrons. The average molecular weight is 489 g/mol. The van der Waals surface area contributed by atoms with Gasteiger partial charge in [-0.05, 0) is 54.1 Å². The molecule has 0 aliphatic carbocycles. The number of sulfonamides is 1. The number of rotatable bonds is 7. The number of carbonyl (C=O) groups excluding carboxylic acids is 1. The van der Waals surface area contributed by atoms with Gasteiger partial charge in [-0.1, -0.05) is 23.7 Å². The zero-order valence-electron chi connectivity index (χ0n) is 17.8. The molecular weight excluding hydrogens is 468 g/mol. The molecule has 0 aromatic heterocycles.